The third-order valence-corrected chi connectivity index (χ3v) is 1.90. The summed E-state index contributed by atoms with van der Waals surface area (Å²) in [4.78, 5) is 0. The Morgan fingerprint density at radius 1 is 1.42 bits per heavy atom. The van der Waals surface area contributed by atoms with Gasteiger partial charge in [0.1, 0.15) is 5.75 Å². The van der Waals surface area contributed by atoms with Gasteiger partial charge in [-0.3, -0.25) is 0 Å². The Morgan fingerprint density at radius 3 is 2.58 bits per heavy atom. The van der Waals surface area contributed by atoms with Gasteiger partial charge < -0.3 is 4.74 Å². The zero-order valence-electron chi connectivity index (χ0n) is 5.73. The fraction of sp³-hybridized carbons (Fsp3) is 0.143. The van der Waals surface area contributed by atoms with Gasteiger partial charge in [-0.1, -0.05) is 27.5 Å². The molecule has 66 valence electrons. The maximum absolute atomic E-state index is 11.7. The number of hydrogen-bond donors (Lipinski definition) is 0. The van der Waals surface area contributed by atoms with E-state index in [0.717, 1.165) is 0 Å². The van der Waals surface area contributed by atoms with Crippen molar-refractivity contribution in [3.05, 3.63) is 27.7 Å². The van der Waals surface area contributed by atoms with Gasteiger partial charge in [0.05, 0.1) is 5.02 Å². The molecule has 0 aliphatic heterocycles. The lowest BCUT2D eigenvalue weighted by molar-refractivity contribution is -0.0497. The second-order valence-electron chi connectivity index (χ2n) is 1.95. The van der Waals surface area contributed by atoms with E-state index in [4.69, 9.17) is 11.6 Å². The number of rotatable bonds is 2. The first-order valence-electron chi connectivity index (χ1n) is 2.99. The molecule has 12 heavy (non-hydrogen) atoms. The molecule has 0 saturated heterocycles. The number of ether oxygens (including phenoxy) is 1. The summed E-state index contributed by atoms with van der Waals surface area (Å²) >= 11 is 8.72. The maximum atomic E-state index is 11.7. The van der Waals surface area contributed by atoms with Crippen molar-refractivity contribution >= 4 is 27.5 Å². The van der Waals surface area contributed by atoms with Crippen molar-refractivity contribution in [2.45, 2.75) is 6.61 Å². The predicted octanol–water partition coefficient (Wildman–Crippen LogP) is 3.70. The number of halogens is 4. The molecule has 0 radical (unpaired) electrons. The Hall–Kier alpha value is -0.350. The van der Waals surface area contributed by atoms with Gasteiger partial charge in [-0.15, -0.1) is 0 Å². The van der Waals surface area contributed by atoms with Gasteiger partial charge in [-0.2, -0.15) is 8.78 Å². The van der Waals surface area contributed by atoms with E-state index in [9.17, 15) is 8.78 Å². The highest BCUT2D eigenvalue weighted by molar-refractivity contribution is 9.10. The first-order chi connectivity index (χ1) is 5.59. The van der Waals surface area contributed by atoms with E-state index >= 15 is 0 Å². The summed E-state index contributed by atoms with van der Waals surface area (Å²) in [5, 5.41) is 0.157. The molecule has 1 rings (SSSR count). The van der Waals surface area contributed by atoms with Crippen LogP contribution in [0, 0.1) is 0 Å². The largest absolute Gasteiger partial charge is 0.433 e. The Bertz CT molecular complexity index is 280. The van der Waals surface area contributed by atoms with Gasteiger partial charge in [0, 0.05) is 4.47 Å². The molecule has 1 aromatic rings. The molecule has 0 N–H and O–H groups in total. The molecule has 0 bridgehead atoms. The molecule has 0 atom stereocenters. The fourth-order valence-electron chi connectivity index (χ4n) is 0.667. The smallest absolute Gasteiger partial charge is 0.387 e. The average molecular weight is 257 g/mol. The van der Waals surface area contributed by atoms with Crippen molar-refractivity contribution in [2.24, 2.45) is 0 Å². The number of hydrogen-bond acceptors (Lipinski definition) is 1. The molecule has 0 aliphatic carbocycles. The predicted molar refractivity (Wildman–Crippen MR) is 45.8 cm³/mol. The van der Waals surface area contributed by atoms with Crippen LogP contribution in [0.3, 0.4) is 0 Å². The van der Waals surface area contributed by atoms with Crippen LogP contribution in [0.1, 0.15) is 0 Å². The molecule has 1 aromatic carbocycles. The minimum atomic E-state index is -2.84. The molecule has 1 nitrogen and oxygen atoms in total. The van der Waals surface area contributed by atoms with Gasteiger partial charge in [-0.25, -0.2) is 0 Å². The van der Waals surface area contributed by atoms with Crippen LogP contribution < -0.4 is 4.74 Å². The second-order valence-corrected chi connectivity index (χ2v) is 3.28. The molecule has 0 aliphatic rings. The molecular formula is C7H4BrClF2O. The maximum Gasteiger partial charge on any atom is 0.387 e. The SMILES string of the molecule is FC(F)Oc1ccc(Br)cc1Cl. The summed E-state index contributed by atoms with van der Waals surface area (Å²) in [5.74, 6) is -0.0186. The molecule has 0 heterocycles. The Balaban J connectivity index is 2.86. The normalized spacial score (nSPS) is 10.4. The van der Waals surface area contributed by atoms with Crippen LogP contribution in [-0.2, 0) is 0 Å². The van der Waals surface area contributed by atoms with E-state index < -0.39 is 6.61 Å². The highest BCUT2D eigenvalue weighted by atomic mass is 79.9. The molecule has 0 unspecified atom stereocenters. The summed E-state index contributed by atoms with van der Waals surface area (Å²) in [6.45, 7) is -2.84. The Morgan fingerprint density at radius 2 is 2.08 bits per heavy atom. The third kappa shape index (κ3) is 2.60. The van der Waals surface area contributed by atoms with Crippen LogP contribution in [0.15, 0.2) is 22.7 Å². The molecule has 0 amide bonds. The zero-order valence-corrected chi connectivity index (χ0v) is 8.07. The molecule has 5 heteroatoms. The Labute approximate surface area is 81.4 Å². The van der Waals surface area contributed by atoms with Crippen molar-refractivity contribution in [1.29, 1.82) is 0 Å². The van der Waals surface area contributed by atoms with Crippen molar-refractivity contribution < 1.29 is 13.5 Å². The van der Waals surface area contributed by atoms with Gasteiger partial charge in [0.15, 0.2) is 0 Å². The zero-order chi connectivity index (χ0) is 9.14. The summed E-state index contributed by atoms with van der Waals surface area (Å²) in [6, 6.07) is 4.43. The summed E-state index contributed by atoms with van der Waals surface area (Å²) in [5.41, 5.74) is 0. The second kappa shape index (κ2) is 4.05. The molecular weight excluding hydrogens is 253 g/mol. The summed E-state index contributed by atoms with van der Waals surface area (Å²) in [6.07, 6.45) is 0. The highest BCUT2D eigenvalue weighted by Crippen LogP contribution is 2.28. The van der Waals surface area contributed by atoms with Crippen LogP contribution in [0.25, 0.3) is 0 Å². The van der Waals surface area contributed by atoms with Crippen LogP contribution in [-0.4, -0.2) is 6.61 Å². The molecule has 0 spiro atoms. The number of benzene rings is 1. The van der Waals surface area contributed by atoms with E-state index in [-0.39, 0.29) is 10.8 Å². The average Bonchev–Trinajstić information content (AvgIpc) is 1.94. The summed E-state index contributed by atoms with van der Waals surface area (Å²) < 4.78 is 28.2. The van der Waals surface area contributed by atoms with Crippen molar-refractivity contribution in [2.75, 3.05) is 0 Å². The van der Waals surface area contributed by atoms with Crippen LogP contribution >= 0.6 is 27.5 Å². The van der Waals surface area contributed by atoms with E-state index in [1.807, 2.05) is 0 Å². The van der Waals surface area contributed by atoms with Crippen molar-refractivity contribution in [1.82, 2.24) is 0 Å². The van der Waals surface area contributed by atoms with Gasteiger partial charge in [0.2, 0.25) is 0 Å². The van der Waals surface area contributed by atoms with Gasteiger partial charge >= 0.3 is 6.61 Å². The fourth-order valence-corrected chi connectivity index (χ4v) is 1.38. The monoisotopic (exact) mass is 256 g/mol. The van der Waals surface area contributed by atoms with E-state index in [0.29, 0.717) is 4.47 Å². The minimum absolute atomic E-state index is 0.0186. The lowest BCUT2D eigenvalue weighted by Crippen LogP contribution is -2.01. The van der Waals surface area contributed by atoms with Crippen LogP contribution in [0.5, 0.6) is 5.75 Å². The quantitative estimate of drug-likeness (QED) is 0.785. The van der Waals surface area contributed by atoms with E-state index in [1.165, 1.54) is 12.1 Å². The van der Waals surface area contributed by atoms with Gasteiger partial charge in [0.25, 0.3) is 0 Å². The highest BCUT2D eigenvalue weighted by Gasteiger charge is 2.07. The first-order valence-corrected chi connectivity index (χ1v) is 4.16. The van der Waals surface area contributed by atoms with E-state index in [1.54, 1.807) is 6.07 Å². The van der Waals surface area contributed by atoms with Crippen LogP contribution in [0.4, 0.5) is 8.78 Å². The third-order valence-electron chi connectivity index (χ3n) is 1.11. The minimum Gasteiger partial charge on any atom is -0.433 e. The van der Waals surface area contributed by atoms with Crippen molar-refractivity contribution in [3.63, 3.8) is 0 Å². The number of alkyl halides is 2. The molecule has 0 aromatic heterocycles. The van der Waals surface area contributed by atoms with Crippen LogP contribution in [0.2, 0.25) is 5.02 Å². The van der Waals surface area contributed by atoms with E-state index in [2.05, 4.69) is 20.7 Å². The standard InChI is InChI=1S/C7H4BrClF2O/c8-4-1-2-6(5(9)3-4)12-7(10)11/h1-3,7H. The first kappa shape index (κ1) is 9.74. The molecule has 0 saturated carbocycles. The topological polar surface area (TPSA) is 9.23 Å². The Kier molecular flexibility index (Phi) is 3.29. The summed E-state index contributed by atoms with van der Waals surface area (Å²) in [7, 11) is 0. The van der Waals surface area contributed by atoms with Gasteiger partial charge in [-0.05, 0) is 18.2 Å². The lowest BCUT2D eigenvalue weighted by Gasteiger charge is -2.05. The molecule has 0 fully saturated rings. The lowest BCUT2D eigenvalue weighted by atomic mass is 10.3. The van der Waals surface area contributed by atoms with Crippen molar-refractivity contribution in [3.8, 4) is 5.75 Å².